The minimum atomic E-state index is 1.25. The van der Waals surface area contributed by atoms with Crippen molar-refractivity contribution in [1.82, 2.24) is 0 Å². The highest BCUT2D eigenvalue weighted by molar-refractivity contribution is 6.13. The van der Waals surface area contributed by atoms with Gasteiger partial charge in [-0.05, 0) is 71.8 Å². The summed E-state index contributed by atoms with van der Waals surface area (Å²) in [6.45, 7) is 20.8. The lowest BCUT2D eigenvalue weighted by molar-refractivity contribution is 1.09. The van der Waals surface area contributed by atoms with Crippen molar-refractivity contribution in [2.75, 3.05) is 0 Å². The quantitative estimate of drug-likeness (QED) is 0.156. The minimum Gasteiger partial charge on any atom is -0.0683 e. The van der Waals surface area contributed by atoms with Crippen LogP contribution in [0.4, 0.5) is 0 Å². The minimum absolute atomic E-state index is 1.25. The molecular formula is C61H72. The SMILES string of the molecule is CC.CC.CCC.CCC.CCC.c1ccc(-c2cc3ccccc3c3ccccc23)cc1.c1ccc(-c2cccc3ccccc23)cc1.c1ccc(-c2ccccc2)cc1. The monoisotopic (exact) mass is 805 g/mol. The molecule has 0 N–H and O–H groups in total. The maximum absolute atomic E-state index is 2.30. The molecule has 0 aliphatic heterocycles. The average molecular weight is 805 g/mol. The largest absolute Gasteiger partial charge is 0.0683 e. The van der Waals surface area contributed by atoms with Gasteiger partial charge in [0, 0.05) is 0 Å². The van der Waals surface area contributed by atoms with Crippen LogP contribution in [0.1, 0.15) is 88.5 Å². The van der Waals surface area contributed by atoms with E-state index in [2.05, 4.69) is 248 Å². The highest BCUT2D eigenvalue weighted by Crippen LogP contribution is 2.34. The van der Waals surface area contributed by atoms with Gasteiger partial charge in [0.25, 0.3) is 0 Å². The first kappa shape index (κ1) is 50.9. The van der Waals surface area contributed by atoms with Gasteiger partial charge in [-0.2, -0.15) is 0 Å². The van der Waals surface area contributed by atoms with Gasteiger partial charge in [0.15, 0.2) is 0 Å². The lowest BCUT2D eigenvalue weighted by atomic mass is 9.93. The Labute approximate surface area is 371 Å². The van der Waals surface area contributed by atoms with Crippen LogP contribution in [0.25, 0.3) is 65.7 Å². The van der Waals surface area contributed by atoms with Crippen molar-refractivity contribution in [3.63, 3.8) is 0 Å². The van der Waals surface area contributed by atoms with E-state index in [0.29, 0.717) is 0 Å². The smallest absolute Gasteiger partial charge is 0.00990 e. The highest BCUT2D eigenvalue weighted by atomic mass is 14.1. The second kappa shape index (κ2) is 31.7. The second-order valence-electron chi connectivity index (χ2n) is 13.8. The molecule has 9 aromatic rings. The first-order valence-corrected chi connectivity index (χ1v) is 22.7. The zero-order valence-corrected chi connectivity index (χ0v) is 38.9. The molecule has 0 heteroatoms. The predicted molar refractivity (Wildman–Crippen MR) is 279 cm³/mol. The first-order valence-electron chi connectivity index (χ1n) is 22.7. The lowest BCUT2D eigenvalue weighted by Gasteiger charge is -2.10. The number of hydrogen-bond donors (Lipinski definition) is 0. The molecule has 0 bridgehead atoms. The second-order valence-corrected chi connectivity index (χ2v) is 13.8. The molecule has 316 valence electrons. The summed E-state index contributed by atoms with van der Waals surface area (Å²) in [5.41, 5.74) is 7.71. The summed E-state index contributed by atoms with van der Waals surface area (Å²) in [6, 6.07) is 76.4. The van der Waals surface area contributed by atoms with Crippen molar-refractivity contribution in [3.05, 3.63) is 218 Å². The summed E-state index contributed by atoms with van der Waals surface area (Å²) in [4.78, 5) is 0. The van der Waals surface area contributed by atoms with Gasteiger partial charge in [0.1, 0.15) is 0 Å². The predicted octanol–water partition coefficient (Wildman–Crippen LogP) is 19.8. The van der Waals surface area contributed by atoms with Gasteiger partial charge in [0.05, 0.1) is 0 Å². The summed E-state index contributed by atoms with van der Waals surface area (Å²) in [6.07, 6.45) is 3.75. The van der Waals surface area contributed by atoms with E-state index in [0.717, 1.165) is 0 Å². The summed E-state index contributed by atoms with van der Waals surface area (Å²) in [5.74, 6) is 0. The third kappa shape index (κ3) is 16.7. The lowest BCUT2D eigenvalue weighted by Crippen LogP contribution is -1.83. The Hall–Kier alpha value is -6.24. The van der Waals surface area contributed by atoms with Crippen molar-refractivity contribution < 1.29 is 0 Å². The summed E-state index contributed by atoms with van der Waals surface area (Å²) in [7, 11) is 0. The van der Waals surface area contributed by atoms with Gasteiger partial charge < -0.3 is 0 Å². The van der Waals surface area contributed by atoms with Crippen LogP contribution in [-0.2, 0) is 0 Å². The molecule has 0 unspecified atom stereocenters. The maximum atomic E-state index is 2.30. The molecular weight excluding hydrogens is 733 g/mol. The Bertz CT molecular complexity index is 2360. The fourth-order valence-corrected chi connectivity index (χ4v) is 6.27. The van der Waals surface area contributed by atoms with Crippen molar-refractivity contribution in [2.24, 2.45) is 0 Å². The molecule has 0 fully saturated rings. The van der Waals surface area contributed by atoms with Crippen LogP contribution >= 0.6 is 0 Å². The third-order valence-electron chi connectivity index (χ3n) is 8.61. The van der Waals surface area contributed by atoms with Gasteiger partial charge in [-0.15, -0.1) is 0 Å². The fraction of sp³-hybridized carbons (Fsp3) is 0.213. The van der Waals surface area contributed by atoms with Crippen molar-refractivity contribution in [1.29, 1.82) is 0 Å². The van der Waals surface area contributed by atoms with Gasteiger partial charge >= 0.3 is 0 Å². The molecule has 61 heavy (non-hydrogen) atoms. The van der Waals surface area contributed by atoms with Crippen LogP contribution < -0.4 is 0 Å². The molecule has 0 aliphatic rings. The molecule has 0 amide bonds. The Kier molecular flexibility index (Phi) is 26.4. The number of rotatable bonds is 3. The van der Waals surface area contributed by atoms with Gasteiger partial charge in [0.2, 0.25) is 0 Å². The zero-order chi connectivity index (χ0) is 44.5. The van der Waals surface area contributed by atoms with E-state index < -0.39 is 0 Å². The van der Waals surface area contributed by atoms with Crippen LogP contribution in [-0.4, -0.2) is 0 Å². The molecule has 0 saturated heterocycles. The Morgan fingerprint density at radius 1 is 0.230 bits per heavy atom. The zero-order valence-electron chi connectivity index (χ0n) is 38.9. The summed E-state index contributed by atoms with van der Waals surface area (Å²) >= 11 is 0. The molecule has 0 saturated carbocycles. The van der Waals surface area contributed by atoms with E-state index >= 15 is 0 Å². The molecule has 9 rings (SSSR count). The molecule has 0 heterocycles. The molecule has 0 radical (unpaired) electrons. The first-order chi connectivity index (χ1) is 30.1. The highest BCUT2D eigenvalue weighted by Gasteiger charge is 2.07. The van der Waals surface area contributed by atoms with Crippen LogP contribution in [0.15, 0.2) is 218 Å². The standard InChI is InChI=1S/C20H14.C16H12.C12H10.3C3H8.2C2H6/c1-2-8-15(9-3-1)20-14-16-10-4-5-11-17(16)18-12-6-7-13-19(18)20;1-2-7-13(8-3-1)16-12-6-10-14-9-4-5-11-15(14)16;1-3-7-11(8-4-1)12-9-5-2-6-10-12;3*1-3-2;2*1-2/h1-14H;1-12H;1-10H;3*3H2,1-2H3;2*1-2H3. The Morgan fingerprint density at radius 2 is 0.525 bits per heavy atom. The third-order valence-corrected chi connectivity index (χ3v) is 8.61. The van der Waals surface area contributed by atoms with E-state index in [1.165, 1.54) is 85.0 Å². The molecule has 0 aromatic heterocycles. The molecule has 0 atom stereocenters. The topological polar surface area (TPSA) is 0 Å². The normalized spacial score (nSPS) is 9.34. The van der Waals surface area contributed by atoms with Gasteiger partial charge in [-0.25, -0.2) is 0 Å². The maximum Gasteiger partial charge on any atom is -0.00990 e. The number of hydrogen-bond acceptors (Lipinski definition) is 0. The molecule has 0 spiro atoms. The molecule has 0 nitrogen and oxygen atoms in total. The van der Waals surface area contributed by atoms with Crippen LogP contribution in [0.2, 0.25) is 0 Å². The van der Waals surface area contributed by atoms with E-state index in [9.17, 15) is 0 Å². The molecule has 9 aromatic carbocycles. The number of fused-ring (bicyclic) bond motifs is 4. The van der Waals surface area contributed by atoms with Crippen molar-refractivity contribution in [3.8, 4) is 33.4 Å². The van der Waals surface area contributed by atoms with Crippen LogP contribution in [0.3, 0.4) is 0 Å². The van der Waals surface area contributed by atoms with Gasteiger partial charge in [-0.1, -0.05) is 301 Å². The van der Waals surface area contributed by atoms with Gasteiger partial charge in [-0.3, -0.25) is 0 Å². The van der Waals surface area contributed by atoms with E-state index in [1.54, 1.807) is 0 Å². The van der Waals surface area contributed by atoms with E-state index in [-0.39, 0.29) is 0 Å². The summed E-state index contributed by atoms with van der Waals surface area (Å²) < 4.78 is 0. The summed E-state index contributed by atoms with van der Waals surface area (Å²) in [5, 5.41) is 7.87. The fourth-order valence-electron chi connectivity index (χ4n) is 6.27. The molecule has 0 aliphatic carbocycles. The van der Waals surface area contributed by atoms with Crippen molar-refractivity contribution >= 4 is 32.3 Å². The Morgan fingerprint density at radius 3 is 0.967 bits per heavy atom. The average Bonchev–Trinajstić information content (AvgIpc) is 3.35. The van der Waals surface area contributed by atoms with E-state index in [1.807, 2.05) is 39.8 Å². The van der Waals surface area contributed by atoms with E-state index in [4.69, 9.17) is 0 Å². The Balaban J connectivity index is 0.000000282. The van der Waals surface area contributed by atoms with Crippen LogP contribution in [0, 0.1) is 0 Å². The van der Waals surface area contributed by atoms with Crippen LogP contribution in [0.5, 0.6) is 0 Å². The number of benzene rings is 9. The van der Waals surface area contributed by atoms with Crippen molar-refractivity contribution in [2.45, 2.75) is 88.5 Å².